The molecule has 0 amide bonds. The fourth-order valence-corrected chi connectivity index (χ4v) is 1.34. The fraction of sp³-hybridized carbons (Fsp3) is 0.400. The minimum absolute atomic E-state index is 0.653. The average molecular weight is 205 g/mol. The van der Waals surface area contributed by atoms with Crippen LogP contribution in [0.4, 0.5) is 0 Å². The van der Waals surface area contributed by atoms with Crippen molar-refractivity contribution in [2.75, 3.05) is 0 Å². The van der Waals surface area contributed by atoms with E-state index in [4.69, 9.17) is 23.2 Å². The van der Waals surface area contributed by atoms with Crippen molar-refractivity contribution in [2.24, 2.45) is 0 Å². The molecule has 0 aliphatic heterocycles. The highest BCUT2D eigenvalue weighted by Crippen LogP contribution is 2.25. The molecule has 68 valence electrons. The van der Waals surface area contributed by atoms with Crippen LogP contribution in [0.1, 0.15) is 26.7 Å². The first-order valence-electron chi connectivity index (χ1n) is 4.00. The maximum Gasteiger partial charge on any atom is 0.0446 e. The minimum atomic E-state index is 0.653. The van der Waals surface area contributed by atoms with E-state index in [1.165, 1.54) is 0 Å². The van der Waals surface area contributed by atoms with E-state index in [9.17, 15) is 0 Å². The summed E-state index contributed by atoms with van der Waals surface area (Å²) in [5, 5.41) is 1.38. The first-order chi connectivity index (χ1) is 5.67. The SMILES string of the molecule is C=C/C(Cl)=C(CCC)\C(Cl)=C/C. The molecular formula is C10H14Cl2. The molecule has 0 spiro atoms. The van der Waals surface area contributed by atoms with E-state index in [1.54, 1.807) is 6.08 Å². The van der Waals surface area contributed by atoms with Gasteiger partial charge in [-0.15, -0.1) is 0 Å². The van der Waals surface area contributed by atoms with E-state index < -0.39 is 0 Å². The summed E-state index contributed by atoms with van der Waals surface area (Å²) >= 11 is 11.9. The topological polar surface area (TPSA) is 0 Å². The largest absolute Gasteiger partial charge is 0.0976 e. The zero-order valence-electron chi connectivity index (χ0n) is 7.53. The van der Waals surface area contributed by atoms with Crippen LogP contribution in [0, 0.1) is 0 Å². The first-order valence-corrected chi connectivity index (χ1v) is 4.76. The van der Waals surface area contributed by atoms with Gasteiger partial charge >= 0.3 is 0 Å². The van der Waals surface area contributed by atoms with Crippen LogP contribution in [-0.4, -0.2) is 0 Å². The van der Waals surface area contributed by atoms with Gasteiger partial charge in [-0.1, -0.05) is 55.3 Å². The molecule has 0 rings (SSSR count). The fourth-order valence-electron chi connectivity index (χ4n) is 0.900. The van der Waals surface area contributed by atoms with Gasteiger partial charge in [0, 0.05) is 10.1 Å². The predicted molar refractivity (Wildman–Crippen MR) is 57.6 cm³/mol. The van der Waals surface area contributed by atoms with Gasteiger partial charge in [0.25, 0.3) is 0 Å². The Labute approximate surface area is 84.6 Å². The number of hydrogen-bond donors (Lipinski definition) is 0. The summed E-state index contributed by atoms with van der Waals surface area (Å²) < 4.78 is 0. The lowest BCUT2D eigenvalue weighted by atomic mass is 10.1. The summed E-state index contributed by atoms with van der Waals surface area (Å²) in [5.41, 5.74) is 0.985. The van der Waals surface area contributed by atoms with Gasteiger partial charge in [0.2, 0.25) is 0 Å². The molecule has 0 aliphatic carbocycles. The number of rotatable bonds is 4. The second kappa shape index (κ2) is 6.33. The highest BCUT2D eigenvalue weighted by molar-refractivity contribution is 6.36. The molecule has 2 heteroatoms. The monoisotopic (exact) mass is 204 g/mol. The van der Waals surface area contributed by atoms with Crippen LogP contribution in [0.15, 0.2) is 34.4 Å². The second-order valence-electron chi connectivity index (χ2n) is 2.42. The number of halogens is 2. The zero-order valence-corrected chi connectivity index (χ0v) is 9.04. The van der Waals surface area contributed by atoms with Crippen molar-refractivity contribution >= 4 is 23.2 Å². The molecule has 0 unspecified atom stereocenters. The van der Waals surface area contributed by atoms with E-state index >= 15 is 0 Å². The predicted octanol–water partition coefficient (Wildman–Crippen LogP) is 4.61. The van der Waals surface area contributed by atoms with Crippen molar-refractivity contribution in [3.63, 3.8) is 0 Å². The van der Waals surface area contributed by atoms with Gasteiger partial charge in [0.05, 0.1) is 0 Å². The van der Waals surface area contributed by atoms with E-state index in [0.717, 1.165) is 23.4 Å². The van der Waals surface area contributed by atoms with Gasteiger partial charge in [-0.3, -0.25) is 0 Å². The Morgan fingerprint density at radius 2 is 2.00 bits per heavy atom. The molecular weight excluding hydrogens is 191 g/mol. The molecule has 0 saturated heterocycles. The molecule has 12 heavy (non-hydrogen) atoms. The van der Waals surface area contributed by atoms with Crippen molar-refractivity contribution in [1.82, 2.24) is 0 Å². The lowest BCUT2D eigenvalue weighted by molar-refractivity contribution is 0.920. The standard InChI is InChI=1S/C10H14Cl2/c1-4-7-8(9(11)5-2)10(12)6-3/h5-6H,2,4,7H2,1,3H3/b9-8+,10-6+. The summed E-state index contributed by atoms with van der Waals surface area (Å²) in [6.07, 6.45) is 5.40. The van der Waals surface area contributed by atoms with Crippen LogP contribution >= 0.6 is 23.2 Å². The summed E-state index contributed by atoms with van der Waals surface area (Å²) in [6.45, 7) is 7.59. The molecule has 0 aliphatic rings. The highest BCUT2D eigenvalue weighted by atomic mass is 35.5. The van der Waals surface area contributed by atoms with E-state index in [0.29, 0.717) is 5.03 Å². The van der Waals surface area contributed by atoms with Gasteiger partial charge in [0.15, 0.2) is 0 Å². The molecule has 0 aromatic heterocycles. The van der Waals surface area contributed by atoms with E-state index in [2.05, 4.69) is 13.5 Å². The lowest BCUT2D eigenvalue weighted by Crippen LogP contribution is -1.85. The molecule has 0 aromatic carbocycles. The lowest BCUT2D eigenvalue weighted by Gasteiger charge is -2.05. The zero-order chi connectivity index (χ0) is 9.56. The van der Waals surface area contributed by atoms with Crippen molar-refractivity contribution in [2.45, 2.75) is 26.7 Å². The van der Waals surface area contributed by atoms with Gasteiger partial charge in [-0.2, -0.15) is 0 Å². The molecule has 0 nitrogen and oxygen atoms in total. The van der Waals surface area contributed by atoms with Crippen LogP contribution < -0.4 is 0 Å². The Morgan fingerprint density at radius 3 is 2.33 bits per heavy atom. The van der Waals surface area contributed by atoms with Crippen LogP contribution in [0.2, 0.25) is 0 Å². The smallest absolute Gasteiger partial charge is 0.0446 e. The van der Waals surface area contributed by atoms with Gasteiger partial charge < -0.3 is 0 Å². The van der Waals surface area contributed by atoms with Crippen molar-refractivity contribution in [3.05, 3.63) is 34.4 Å². The second-order valence-corrected chi connectivity index (χ2v) is 3.23. The number of allylic oxidation sites excluding steroid dienone is 5. The van der Waals surface area contributed by atoms with Crippen molar-refractivity contribution in [1.29, 1.82) is 0 Å². The van der Waals surface area contributed by atoms with Gasteiger partial charge in [0.1, 0.15) is 0 Å². The minimum Gasteiger partial charge on any atom is -0.0976 e. The Balaban J connectivity index is 4.77. The highest BCUT2D eigenvalue weighted by Gasteiger charge is 2.04. The van der Waals surface area contributed by atoms with Crippen LogP contribution in [0.5, 0.6) is 0 Å². The normalized spacial score (nSPS) is 14.2. The number of hydrogen-bond acceptors (Lipinski definition) is 0. The van der Waals surface area contributed by atoms with Gasteiger partial charge in [-0.25, -0.2) is 0 Å². The Kier molecular flexibility index (Phi) is 6.23. The summed E-state index contributed by atoms with van der Waals surface area (Å²) in [7, 11) is 0. The molecule has 0 fully saturated rings. The molecule has 0 atom stereocenters. The summed E-state index contributed by atoms with van der Waals surface area (Å²) in [4.78, 5) is 0. The Bertz CT molecular complexity index is 212. The van der Waals surface area contributed by atoms with Crippen LogP contribution in [0.3, 0.4) is 0 Å². The van der Waals surface area contributed by atoms with Crippen LogP contribution in [0.25, 0.3) is 0 Å². The quantitative estimate of drug-likeness (QED) is 0.588. The summed E-state index contributed by atoms with van der Waals surface area (Å²) in [6, 6.07) is 0. The molecule has 0 saturated carbocycles. The Hall–Kier alpha value is -0.200. The molecule has 0 radical (unpaired) electrons. The third kappa shape index (κ3) is 3.46. The molecule has 0 bridgehead atoms. The maximum absolute atomic E-state index is 5.95. The Morgan fingerprint density at radius 1 is 1.42 bits per heavy atom. The molecule has 0 aromatic rings. The molecule has 0 N–H and O–H groups in total. The third-order valence-corrected chi connectivity index (χ3v) is 2.34. The molecule has 0 heterocycles. The average Bonchev–Trinajstić information content (AvgIpc) is 2.11. The van der Waals surface area contributed by atoms with E-state index in [1.807, 2.05) is 13.0 Å². The van der Waals surface area contributed by atoms with Crippen LogP contribution in [-0.2, 0) is 0 Å². The van der Waals surface area contributed by atoms with E-state index in [-0.39, 0.29) is 0 Å². The first kappa shape index (κ1) is 11.8. The maximum atomic E-state index is 5.95. The van der Waals surface area contributed by atoms with Crippen molar-refractivity contribution in [3.8, 4) is 0 Å². The van der Waals surface area contributed by atoms with Crippen molar-refractivity contribution < 1.29 is 0 Å². The third-order valence-electron chi connectivity index (χ3n) is 1.51. The summed E-state index contributed by atoms with van der Waals surface area (Å²) in [5.74, 6) is 0. The van der Waals surface area contributed by atoms with Gasteiger partial charge in [-0.05, 0) is 18.9 Å².